The molecule has 2 aromatic carbocycles. The lowest BCUT2D eigenvalue weighted by Crippen LogP contribution is -2.39. The van der Waals surface area contributed by atoms with Crippen molar-refractivity contribution in [2.24, 2.45) is 0 Å². The van der Waals surface area contributed by atoms with Gasteiger partial charge in [-0.05, 0) is 61.4 Å². The number of rotatable bonds is 6. The Kier molecular flexibility index (Phi) is 5.67. The van der Waals surface area contributed by atoms with E-state index in [0.29, 0.717) is 29.9 Å². The number of amides is 2. The summed E-state index contributed by atoms with van der Waals surface area (Å²) in [5, 5.41) is 3.00. The molecule has 0 aromatic heterocycles. The third-order valence-corrected chi connectivity index (χ3v) is 5.88. The number of hydrogen-bond acceptors (Lipinski definition) is 3. The topological polar surface area (TPSA) is 52.7 Å². The highest BCUT2D eigenvalue weighted by Gasteiger charge is 2.37. The summed E-state index contributed by atoms with van der Waals surface area (Å²) in [6, 6.07) is 16.6. The average molecular weight is 392 g/mol. The van der Waals surface area contributed by atoms with Gasteiger partial charge in [-0.2, -0.15) is 0 Å². The summed E-state index contributed by atoms with van der Waals surface area (Å²) in [6.45, 7) is 0.384. The van der Waals surface area contributed by atoms with E-state index >= 15 is 0 Å². The maximum absolute atomic E-state index is 12.9. The highest BCUT2D eigenvalue weighted by atomic mass is 16.2. The van der Waals surface area contributed by atoms with E-state index in [1.54, 1.807) is 26.2 Å². The summed E-state index contributed by atoms with van der Waals surface area (Å²) >= 11 is 0. The number of aryl methyl sites for hydroxylation is 1. The molecule has 1 atom stereocenters. The molecule has 4 rings (SSSR count). The van der Waals surface area contributed by atoms with Gasteiger partial charge in [0.25, 0.3) is 5.91 Å². The fourth-order valence-electron chi connectivity index (χ4n) is 4.33. The molecule has 2 aromatic rings. The number of anilines is 1. The second-order valence-corrected chi connectivity index (χ2v) is 8.34. The molecule has 5 heteroatoms. The Bertz CT molecular complexity index is 905. The molecule has 5 nitrogen and oxygen atoms in total. The smallest absolute Gasteiger partial charge is 0.253 e. The number of nitrogens with one attached hydrogen (secondary N) is 1. The Morgan fingerprint density at radius 2 is 1.83 bits per heavy atom. The molecule has 1 unspecified atom stereocenters. The molecule has 1 fully saturated rings. The van der Waals surface area contributed by atoms with E-state index in [2.05, 4.69) is 34.5 Å². The van der Waals surface area contributed by atoms with Gasteiger partial charge in [-0.1, -0.05) is 30.3 Å². The fraction of sp³-hybridized carbons (Fsp3) is 0.417. The molecule has 0 bridgehead atoms. The number of benzene rings is 2. The molecule has 29 heavy (non-hydrogen) atoms. The third-order valence-electron chi connectivity index (χ3n) is 5.88. The van der Waals surface area contributed by atoms with Gasteiger partial charge < -0.3 is 10.2 Å². The van der Waals surface area contributed by atoms with Crippen molar-refractivity contribution >= 4 is 17.5 Å². The lowest BCUT2D eigenvalue weighted by atomic mass is 9.86. The Morgan fingerprint density at radius 1 is 1.03 bits per heavy atom. The van der Waals surface area contributed by atoms with Crippen molar-refractivity contribution in [3.63, 3.8) is 0 Å². The van der Waals surface area contributed by atoms with Crippen LogP contribution in [0.1, 0.15) is 53.2 Å². The molecule has 0 aliphatic heterocycles. The lowest BCUT2D eigenvalue weighted by Gasteiger charge is -2.35. The zero-order chi connectivity index (χ0) is 20.4. The number of carbonyl (C=O) groups excluding carboxylic acids is 2. The Hall–Kier alpha value is -2.66. The molecule has 0 spiro atoms. The molecule has 1 N–H and O–H groups in total. The zero-order valence-corrected chi connectivity index (χ0v) is 17.2. The van der Waals surface area contributed by atoms with E-state index in [9.17, 15) is 9.59 Å². The van der Waals surface area contributed by atoms with Crippen LogP contribution in [0.15, 0.2) is 48.5 Å². The van der Waals surface area contributed by atoms with Crippen molar-refractivity contribution in [3.8, 4) is 0 Å². The first kappa shape index (κ1) is 19.6. The first-order valence-electron chi connectivity index (χ1n) is 10.5. The van der Waals surface area contributed by atoms with E-state index in [1.165, 1.54) is 35.3 Å². The van der Waals surface area contributed by atoms with Crippen molar-refractivity contribution in [3.05, 3.63) is 65.2 Å². The molecule has 152 valence electrons. The predicted molar refractivity (Wildman–Crippen MR) is 115 cm³/mol. The SMILES string of the molecule is CN(C)C(=O)c1cccc(NC(=O)CN(C2CC2)C2CCCc3ccccc32)c1. The van der Waals surface area contributed by atoms with Gasteiger partial charge >= 0.3 is 0 Å². The standard InChI is InChI=1S/C24H29N3O2/c1-26(2)24(29)18-9-5-10-19(15-18)25-23(28)16-27(20-13-14-20)22-12-6-8-17-7-3-4-11-21(17)22/h3-5,7,9-11,15,20,22H,6,8,12-14,16H2,1-2H3,(H,25,28). The van der Waals surface area contributed by atoms with Crippen molar-refractivity contribution in [1.29, 1.82) is 0 Å². The number of hydrogen-bond donors (Lipinski definition) is 1. The summed E-state index contributed by atoms with van der Waals surface area (Å²) in [6.07, 6.45) is 5.73. The van der Waals surface area contributed by atoms with Crippen LogP contribution in [0.5, 0.6) is 0 Å². The van der Waals surface area contributed by atoms with Crippen molar-refractivity contribution in [1.82, 2.24) is 9.80 Å². The molecule has 0 radical (unpaired) electrons. The predicted octanol–water partition coefficient (Wildman–Crippen LogP) is 3.87. The maximum Gasteiger partial charge on any atom is 0.253 e. The van der Waals surface area contributed by atoms with E-state index in [-0.39, 0.29) is 11.8 Å². The lowest BCUT2D eigenvalue weighted by molar-refractivity contribution is -0.118. The number of nitrogens with zero attached hydrogens (tertiary/aromatic N) is 2. The Morgan fingerprint density at radius 3 is 2.59 bits per heavy atom. The van der Waals surface area contributed by atoms with Crippen LogP contribution >= 0.6 is 0 Å². The third kappa shape index (κ3) is 4.51. The monoisotopic (exact) mass is 391 g/mol. The molecule has 2 amide bonds. The number of carbonyl (C=O) groups is 2. The van der Waals surface area contributed by atoms with Gasteiger partial charge in [0, 0.05) is 37.4 Å². The summed E-state index contributed by atoms with van der Waals surface area (Å²) in [5.41, 5.74) is 4.05. The second kappa shape index (κ2) is 8.37. The summed E-state index contributed by atoms with van der Waals surface area (Å²) in [7, 11) is 3.45. The first-order chi connectivity index (χ1) is 14.0. The minimum absolute atomic E-state index is 0.0191. The van der Waals surface area contributed by atoms with Crippen molar-refractivity contribution < 1.29 is 9.59 Å². The van der Waals surface area contributed by atoms with Crippen LogP contribution in [-0.2, 0) is 11.2 Å². The van der Waals surface area contributed by atoms with E-state index in [0.717, 1.165) is 12.8 Å². The van der Waals surface area contributed by atoms with Crippen LogP contribution in [0.25, 0.3) is 0 Å². The zero-order valence-electron chi connectivity index (χ0n) is 17.2. The minimum Gasteiger partial charge on any atom is -0.345 e. The average Bonchev–Trinajstić information content (AvgIpc) is 3.56. The second-order valence-electron chi connectivity index (χ2n) is 8.34. The number of fused-ring (bicyclic) bond motifs is 1. The van der Waals surface area contributed by atoms with Crippen molar-refractivity contribution in [2.75, 3.05) is 26.0 Å². The summed E-state index contributed by atoms with van der Waals surface area (Å²) in [5.74, 6) is -0.0890. The van der Waals surface area contributed by atoms with Gasteiger partial charge in [0.1, 0.15) is 0 Å². The minimum atomic E-state index is -0.0699. The molecule has 1 saturated carbocycles. The maximum atomic E-state index is 12.9. The van der Waals surface area contributed by atoms with Crippen LogP contribution in [0.4, 0.5) is 5.69 Å². The fourth-order valence-corrected chi connectivity index (χ4v) is 4.33. The van der Waals surface area contributed by atoms with Gasteiger partial charge in [-0.15, -0.1) is 0 Å². The van der Waals surface area contributed by atoms with Gasteiger partial charge in [0.05, 0.1) is 6.54 Å². The first-order valence-corrected chi connectivity index (χ1v) is 10.5. The van der Waals surface area contributed by atoms with Gasteiger partial charge in [0.2, 0.25) is 5.91 Å². The van der Waals surface area contributed by atoms with E-state index < -0.39 is 0 Å². The largest absolute Gasteiger partial charge is 0.345 e. The summed E-state index contributed by atoms with van der Waals surface area (Å²) in [4.78, 5) is 29.0. The Labute approximate surface area is 172 Å². The van der Waals surface area contributed by atoms with Gasteiger partial charge in [-0.25, -0.2) is 0 Å². The van der Waals surface area contributed by atoms with Crippen LogP contribution in [0.2, 0.25) is 0 Å². The molecule has 2 aliphatic carbocycles. The van der Waals surface area contributed by atoms with Crippen LogP contribution < -0.4 is 5.32 Å². The molecular weight excluding hydrogens is 362 g/mol. The van der Waals surface area contributed by atoms with Crippen molar-refractivity contribution in [2.45, 2.75) is 44.2 Å². The van der Waals surface area contributed by atoms with Crippen LogP contribution in [0.3, 0.4) is 0 Å². The highest BCUT2D eigenvalue weighted by Crippen LogP contribution is 2.40. The van der Waals surface area contributed by atoms with Crippen LogP contribution in [0, 0.1) is 0 Å². The van der Waals surface area contributed by atoms with Gasteiger partial charge in [0.15, 0.2) is 0 Å². The van der Waals surface area contributed by atoms with E-state index in [1.807, 2.05) is 12.1 Å². The highest BCUT2D eigenvalue weighted by molar-refractivity contribution is 5.97. The molecule has 2 aliphatic rings. The summed E-state index contributed by atoms with van der Waals surface area (Å²) < 4.78 is 0. The van der Waals surface area contributed by atoms with Gasteiger partial charge in [-0.3, -0.25) is 14.5 Å². The molecule has 0 heterocycles. The Balaban J connectivity index is 1.47. The molecular formula is C24H29N3O2. The quantitative estimate of drug-likeness (QED) is 0.813. The molecule has 0 saturated heterocycles. The van der Waals surface area contributed by atoms with Crippen LogP contribution in [-0.4, -0.2) is 48.3 Å². The van der Waals surface area contributed by atoms with E-state index in [4.69, 9.17) is 0 Å². The normalized spacial score (nSPS) is 18.2.